The first-order valence-corrected chi connectivity index (χ1v) is 13.2. The zero-order valence-corrected chi connectivity index (χ0v) is 22.1. The summed E-state index contributed by atoms with van der Waals surface area (Å²) in [6, 6.07) is -1.08. The maximum absolute atomic E-state index is 13.7. The summed E-state index contributed by atoms with van der Waals surface area (Å²) in [4.78, 5) is 11.9. The number of hydrogen-bond acceptors (Lipinski definition) is 4. The third-order valence-electron chi connectivity index (χ3n) is 5.73. The number of ether oxygens (including phenoxy) is 3. The normalized spacial score (nSPS) is 12.2. The molecule has 0 aliphatic rings. The Morgan fingerprint density at radius 3 is 1.73 bits per heavy atom. The molecule has 2 N–H and O–H groups in total. The van der Waals surface area contributed by atoms with Crippen molar-refractivity contribution in [3.8, 4) is 0 Å². The molecule has 0 fully saturated rings. The number of unbranched alkanes of at least 4 members (excludes halogenated alkanes) is 7. The number of carbonyl (C=O) groups excluding carboxylic acids is 1. The van der Waals surface area contributed by atoms with Crippen molar-refractivity contribution in [1.82, 2.24) is 5.32 Å². The Hall–Kier alpha value is -1.98. The van der Waals surface area contributed by atoms with Gasteiger partial charge in [-0.3, -0.25) is 0 Å². The number of nitrogens with one attached hydrogen (secondary N) is 2. The van der Waals surface area contributed by atoms with Gasteiger partial charge in [-0.1, -0.05) is 51.9 Å². The minimum atomic E-state index is -2.29. The average Bonchev–Trinajstić information content (AvgIpc) is 2.88. The molecule has 0 aliphatic heterocycles. The van der Waals surface area contributed by atoms with Crippen LogP contribution in [0.4, 0.5) is 32.4 Å². The second kappa shape index (κ2) is 19.1. The van der Waals surface area contributed by atoms with Gasteiger partial charge < -0.3 is 24.8 Å². The second-order valence-electron chi connectivity index (χ2n) is 8.69. The third-order valence-corrected chi connectivity index (χ3v) is 5.73. The Bertz CT molecular complexity index is 766. The smallest absolute Gasteiger partial charge is 0.319 e. The molecule has 2 amide bonds. The molecule has 1 atom stereocenters. The molecule has 0 saturated carbocycles. The number of benzene rings is 1. The van der Waals surface area contributed by atoms with E-state index >= 15 is 0 Å². The number of amides is 2. The van der Waals surface area contributed by atoms with Gasteiger partial charge in [0.25, 0.3) is 6.48 Å². The number of anilines is 1. The van der Waals surface area contributed by atoms with Gasteiger partial charge in [0.15, 0.2) is 23.3 Å². The van der Waals surface area contributed by atoms with E-state index in [1.807, 2.05) is 13.8 Å². The predicted molar refractivity (Wildman–Crippen MR) is 132 cm³/mol. The molecule has 0 bridgehead atoms. The van der Waals surface area contributed by atoms with E-state index < -0.39 is 47.3 Å². The van der Waals surface area contributed by atoms with Gasteiger partial charge in [-0.15, -0.1) is 0 Å². The van der Waals surface area contributed by atoms with E-state index in [2.05, 4.69) is 12.2 Å². The number of urea groups is 1. The summed E-state index contributed by atoms with van der Waals surface area (Å²) in [6.07, 6.45) is 10.8. The van der Waals surface area contributed by atoms with Crippen molar-refractivity contribution in [1.29, 1.82) is 0 Å². The first kappa shape index (κ1) is 33.0. The number of hydrogen-bond donors (Lipinski definition) is 2. The van der Waals surface area contributed by atoms with E-state index in [4.69, 9.17) is 14.2 Å². The van der Waals surface area contributed by atoms with E-state index in [1.165, 1.54) is 32.1 Å². The van der Waals surface area contributed by atoms with Crippen LogP contribution in [-0.2, 0) is 14.2 Å². The van der Waals surface area contributed by atoms with Crippen molar-refractivity contribution >= 4 is 11.7 Å². The van der Waals surface area contributed by atoms with Gasteiger partial charge in [0, 0.05) is 19.8 Å². The molecule has 1 rings (SSSR count). The fraction of sp³-hybridized carbons (Fsp3) is 0.731. The maximum Gasteiger partial charge on any atom is 0.319 e. The van der Waals surface area contributed by atoms with E-state index in [0.29, 0.717) is 32.5 Å². The zero-order valence-electron chi connectivity index (χ0n) is 22.1. The van der Waals surface area contributed by atoms with Crippen molar-refractivity contribution in [3.05, 3.63) is 29.1 Å². The van der Waals surface area contributed by atoms with Crippen LogP contribution >= 0.6 is 0 Å². The Balaban J connectivity index is 2.49. The molecule has 1 aromatic carbocycles. The molecule has 214 valence electrons. The highest BCUT2D eigenvalue weighted by molar-refractivity contribution is 5.89. The molecule has 0 heterocycles. The first-order valence-electron chi connectivity index (χ1n) is 13.2. The fourth-order valence-electron chi connectivity index (χ4n) is 3.74. The molecular formula is C26H41F5N2O4. The predicted octanol–water partition coefficient (Wildman–Crippen LogP) is 7.56. The molecular weight excluding hydrogens is 499 g/mol. The number of rotatable bonds is 20. The summed E-state index contributed by atoms with van der Waals surface area (Å²) >= 11 is 0. The fourth-order valence-corrected chi connectivity index (χ4v) is 3.74. The summed E-state index contributed by atoms with van der Waals surface area (Å²) < 4.78 is 84.1. The molecule has 1 aromatic rings. The molecule has 11 heteroatoms. The minimum absolute atomic E-state index is 0.110. The van der Waals surface area contributed by atoms with Crippen LogP contribution in [-0.4, -0.2) is 38.4 Å². The lowest BCUT2D eigenvalue weighted by atomic mass is 10.0. The lowest BCUT2D eigenvalue weighted by molar-refractivity contribution is -0.302. The van der Waals surface area contributed by atoms with Crippen LogP contribution in [0, 0.1) is 29.1 Å². The Morgan fingerprint density at radius 1 is 0.703 bits per heavy atom. The minimum Gasteiger partial charge on any atom is -0.338 e. The van der Waals surface area contributed by atoms with Crippen LogP contribution in [0.15, 0.2) is 0 Å². The van der Waals surface area contributed by atoms with Gasteiger partial charge in [0.05, 0.1) is 6.10 Å². The molecule has 0 aliphatic carbocycles. The van der Waals surface area contributed by atoms with Crippen molar-refractivity contribution in [2.24, 2.45) is 0 Å². The lowest BCUT2D eigenvalue weighted by Crippen LogP contribution is -2.31. The number of carbonyl (C=O) groups is 1. The SMILES string of the molecule is CCCCCCCCCC(CCCCNC(=O)Nc1c(F)c(F)c(F)c(F)c1F)OC(OCC)OCC. The summed E-state index contributed by atoms with van der Waals surface area (Å²) in [5, 5.41) is 4.05. The van der Waals surface area contributed by atoms with Crippen LogP contribution < -0.4 is 10.6 Å². The summed E-state index contributed by atoms with van der Waals surface area (Å²) in [5.41, 5.74) is -1.39. The largest absolute Gasteiger partial charge is 0.338 e. The summed E-state index contributed by atoms with van der Waals surface area (Å²) in [5.74, 6) is -10.7. The van der Waals surface area contributed by atoms with Crippen LogP contribution in [0.2, 0.25) is 0 Å². The van der Waals surface area contributed by atoms with E-state index in [1.54, 1.807) is 5.32 Å². The van der Waals surface area contributed by atoms with Gasteiger partial charge in [0.2, 0.25) is 5.82 Å². The van der Waals surface area contributed by atoms with Crippen LogP contribution in [0.1, 0.15) is 91.4 Å². The quantitative estimate of drug-likeness (QED) is 0.0589. The molecule has 1 unspecified atom stereocenters. The Morgan fingerprint density at radius 2 is 1.19 bits per heavy atom. The standard InChI is InChI=1S/C26H41F5N2O4/c1-4-7-8-9-10-11-12-15-18(37-26(35-5-2)36-6-3)16-13-14-17-32-25(34)33-24-22(30)20(28)19(27)21(29)23(24)31/h18,26H,4-17H2,1-3H3,(H2,32,33,34). The van der Waals surface area contributed by atoms with E-state index in [9.17, 15) is 26.7 Å². The highest BCUT2D eigenvalue weighted by Gasteiger charge is 2.26. The highest BCUT2D eigenvalue weighted by Crippen LogP contribution is 2.27. The first-order chi connectivity index (χ1) is 17.8. The summed E-state index contributed by atoms with van der Waals surface area (Å²) in [7, 11) is 0. The van der Waals surface area contributed by atoms with Gasteiger partial charge in [-0.05, 0) is 39.5 Å². The van der Waals surface area contributed by atoms with Crippen LogP contribution in [0.5, 0.6) is 0 Å². The maximum atomic E-state index is 13.7. The molecule has 6 nitrogen and oxygen atoms in total. The van der Waals surface area contributed by atoms with E-state index in [-0.39, 0.29) is 12.6 Å². The monoisotopic (exact) mass is 540 g/mol. The Labute approximate surface area is 216 Å². The van der Waals surface area contributed by atoms with Gasteiger partial charge >= 0.3 is 6.03 Å². The highest BCUT2D eigenvalue weighted by atomic mass is 19.2. The zero-order chi connectivity index (χ0) is 27.6. The topological polar surface area (TPSA) is 68.8 Å². The number of halogens is 5. The van der Waals surface area contributed by atoms with Crippen LogP contribution in [0.3, 0.4) is 0 Å². The molecule has 0 radical (unpaired) electrons. The molecule has 0 aromatic heterocycles. The molecule has 0 saturated heterocycles. The average molecular weight is 541 g/mol. The second-order valence-corrected chi connectivity index (χ2v) is 8.69. The van der Waals surface area contributed by atoms with Crippen molar-refractivity contribution in [3.63, 3.8) is 0 Å². The van der Waals surface area contributed by atoms with E-state index in [0.717, 1.165) is 19.3 Å². The Kier molecular flexibility index (Phi) is 17.1. The van der Waals surface area contributed by atoms with Gasteiger partial charge in [0.1, 0.15) is 5.69 Å². The van der Waals surface area contributed by atoms with Gasteiger partial charge in [-0.2, -0.15) is 0 Å². The lowest BCUT2D eigenvalue weighted by Gasteiger charge is -2.24. The van der Waals surface area contributed by atoms with Gasteiger partial charge in [-0.25, -0.2) is 26.7 Å². The van der Waals surface area contributed by atoms with Crippen molar-refractivity contribution in [2.45, 2.75) is 104 Å². The molecule has 0 spiro atoms. The molecule has 37 heavy (non-hydrogen) atoms. The third kappa shape index (κ3) is 12.4. The summed E-state index contributed by atoms with van der Waals surface area (Å²) in [6.45, 7) is 6.15. The van der Waals surface area contributed by atoms with Crippen molar-refractivity contribution in [2.75, 3.05) is 25.1 Å². The van der Waals surface area contributed by atoms with Crippen LogP contribution in [0.25, 0.3) is 0 Å². The van der Waals surface area contributed by atoms with Crippen molar-refractivity contribution < 1.29 is 41.0 Å².